The molecule has 1 aliphatic rings. The SMILES string of the molecule is CCC(C)C(NC(=O)OC(C)(C)C)C(=O)N(C1CCC1)C(C(=O)NC(C)C)c1cccc(C)c1C. The Bertz CT molecular complexity index is 902. The quantitative estimate of drug-likeness (QED) is 0.502. The number of hydrogen-bond donors (Lipinski definition) is 2. The van der Waals surface area contributed by atoms with Crippen LogP contribution >= 0.6 is 0 Å². The zero-order valence-electron chi connectivity index (χ0n) is 23.0. The highest BCUT2D eigenvalue weighted by Crippen LogP contribution is 2.36. The van der Waals surface area contributed by atoms with E-state index in [4.69, 9.17) is 4.74 Å². The lowest BCUT2D eigenvalue weighted by molar-refractivity contribution is -0.148. The summed E-state index contributed by atoms with van der Waals surface area (Å²) in [5.74, 6) is -0.571. The molecule has 3 amide bonds. The lowest BCUT2D eigenvalue weighted by atomic mass is 9.85. The van der Waals surface area contributed by atoms with Gasteiger partial charge in [-0.2, -0.15) is 0 Å². The molecule has 0 spiro atoms. The van der Waals surface area contributed by atoms with Gasteiger partial charge in [0.1, 0.15) is 17.7 Å². The van der Waals surface area contributed by atoms with Crippen molar-refractivity contribution in [1.29, 1.82) is 0 Å². The number of benzene rings is 1. The van der Waals surface area contributed by atoms with Crippen molar-refractivity contribution in [3.63, 3.8) is 0 Å². The Balaban J connectivity index is 2.56. The number of nitrogens with one attached hydrogen (secondary N) is 2. The summed E-state index contributed by atoms with van der Waals surface area (Å²) in [4.78, 5) is 42.4. The number of carbonyl (C=O) groups is 3. The molecule has 35 heavy (non-hydrogen) atoms. The van der Waals surface area contributed by atoms with Crippen LogP contribution in [0.5, 0.6) is 0 Å². The van der Waals surface area contributed by atoms with E-state index >= 15 is 0 Å². The fourth-order valence-electron chi connectivity index (χ4n) is 4.31. The van der Waals surface area contributed by atoms with Gasteiger partial charge in [-0.25, -0.2) is 4.79 Å². The Morgan fingerprint density at radius 1 is 1.09 bits per heavy atom. The number of rotatable bonds is 9. The van der Waals surface area contributed by atoms with E-state index in [2.05, 4.69) is 10.6 Å². The van der Waals surface area contributed by atoms with Crippen molar-refractivity contribution < 1.29 is 19.1 Å². The second kappa shape index (κ2) is 11.9. The number of nitrogens with zero attached hydrogens (tertiary/aromatic N) is 1. The molecular weight excluding hydrogens is 442 g/mol. The smallest absolute Gasteiger partial charge is 0.408 e. The normalized spacial score (nSPS) is 16.6. The van der Waals surface area contributed by atoms with Gasteiger partial charge < -0.3 is 20.3 Å². The molecule has 2 rings (SSSR count). The van der Waals surface area contributed by atoms with Crippen molar-refractivity contribution >= 4 is 17.9 Å². The summed E-state index contributed by atoms with van der Waals surface area (Å²) in [6, 6.07) is 4.18. The summed E-state index contributed by atoms with van der Waals surface area (Å²) in [6.45, 7) is 17.1. The largest absolute Gasteiger partial charge is 0.444 e. The summed E-state index contributed by atoms with van der Waals surface area (Å²) in [6.07, 6.45) is 2.74. The lowest BCUT2D eigenvalue weighted by Crippen LogP contribution is -2.59. The molecule has 0 radical (unpaired) electrons. The Labute approximate surface area is 211 Å². The topological polar surface area (TPSA) is 87.7 Å². The maximum absolute atomic E-state index is 14.3. The van der Waals surface area contributed by atoms with Gasteiger partial charge in [0.2, 0.25) is 11.8 Å². The van der Waals surface area contributed by atoms with Gasteiger partial charge in [-0.3, -0.25) is 9.59 Å². The van der Waals surface area contributed by atoms with Crippen molar-refractivity contribution in [2.75, 3.05) is 0 Å². The van der Waals surface area contributed by atoms with E-state index in [0.29, 0.717) is 6.42 Å². The van der Waals surface area contributed by atoms with Gasteiger partial charge in [0.15, 0.2) is 0 Å². The second-order valence-electron chi connectivity index (χ2n) is 11.2. The Morgan fingerprint density at radius 3 is 2.20 bits per heavy atom. The molecule has 3 unspecified atom stereocenters. The molecule has 0 aromatic heterocycles. The molecule has 1 aromatic rings. The Hall–Kier alpha value is -2.57. The van der Waals surface area contributed by atoms with Gasteiger partial charge in [-0.1, -0.05) is 38.5 Å². The minimum Gasteiger partial charge on any atom is -0.444 e. The predicted octanol–water partition coefficient (Wildman–Crippen LogP) is 5.19. The number of carbonyl (C=O) groups excluding carboxylic acids is 3. The summed E-state index contributed by atoms with van der Waals surface area (Å²) in [5.41, 5.74) is 2.20. The van der Waals surface area contributed by atoms with E-state index in [1.165, 1.54) is 0 Å². The first-order valence-electron chi connectivity index (χ1n) is 12.9. The number of ether oxygens (including phenoxy) is 1. The first-order chi connectivity index (χ1) is 16.3. The molecule has 1 aromatic carbocycles. The third-order valence-corrected chi connectivity index (χ3v) is 6.77. The number of amides is 3. The zero-order valence-corrected chi connectivity index (χ0v) is 23.0. The van der Waals surface area contributed by atoms with Gasteiger partial charge in [0.05, 0.1) is 0 Å². The molecule has 1 saturated carbocycles. The fourth-order valence-corrected chi connectivity index (χ4v) is 4.31. The van der Waals surface area contributed by atoms with Gasteiger partial charge in [-0.05, 0) is 90.3 Å². The van der Waals surface area contributed by atoms with E-state index in [1.807, 2.05) is 59.7 Å². The van der Waals surface area contributed by atoms with E-state index < -0.39 is 23.8 Å². The summed E-state index contributed by atoms with van der Waals surface area (Å²) in [7, 11) is 0. The fraction of sp³-hybridized carbons (Fsp3) is 0.679. The monoisotopic (exact) mass is 487 g/mol. The molecule has 1 aliphatic carbocycles. The Morgan fingerprint density at radius 2 is 1.71 bits per heavy atom. The minimum atomic E-state index is -0.796. The van der Waals surface area contributed by atoms with Crippen LogP contribution in [0.4, 0.5) is 4.79 Å². The molecule has 0 heterocycles. The standard InChI is InChI=1S/C28H45N3O4/c1-10-18(4)23(30-27(34)35-28(7,8)9)26(33)31(21-14-12-15-21)24(25(32)29-17(2)3)22-16-11-13-19(5)20(22)6/h11,13,16-18,21,23-24H,10,12,14-15H2,1-9H3,(H,29,32)(H,30,34). The van der Waals surface area contributed by atoms with Crippen LogP contribution in [-0.2, 0) is 14.3 Å². The van der Waals surface area contributed by atoms with Gasteiger partial charge >= 0.3 is 6.09 Å². The van der Waals surface area contributed by atoms with E-state index in [0.717, 1.165) is 36.0 Å². The number of aryl methyl sites for hydroxylation is 1. The maximum atomic E-state index is 14.3. The molecule has 7 heteroatoms. The van der Waals surface area contributed by atoms with Gasteiger partial charge in [0.25, 0.3) is 0 Å². The van der Waals surface area contributed by atoms with Crippen molar-refractivity contribution in [2.24, 2.45) is 5.92 Å². The highest BCUT2D eigenvalue weighted by atomic mass is 16.6. The molecule has 0 bridgehead atoms. The van der Waals surface area contributed by atoms with Crippen LogP contribution in [0.25, 0.3) is 0 Å². The zero-order chi connectivity index (χ0) is 26.5. The Kier molecular flexibility index (Phi) is 9.76. The van der Waals surface area contributed by atoms with E-state index in [9.17, 15) is 14.4 Å². The van der Waals surface area contributed by atoms with Gasteiger partial charge in [-0.15, -0.1) is 0 Å². The highest BCUT2D eigenvalue weighted by Gasteiger charge is 2.43. The first-order valence-corrected chi connectivity index (χ1v) is 12.9. The number of alkyl carbamates (subject to hydrolysis) is 1. The highest BCUT2D eigenvalue weighted by molar-refractivity contribution is 5.93. The first kappa shape index (κ1) is 28.7. The van der Waals surface area contributed by atoms with Crippen LogP contribution < -0.4 is 10.6 Å². The van der Waals surface area contributed by atoms with Crippen LogP contribution in [0, 0.1) is 19.8 Å². The minimum absolute atomic E-state index is 0.0580. The molecule has 1 fully saturated rings. The third-order valence-electron chi connectivity index (χ3n) is 6.77. The molecular formula is C28H45N3O4. The third kappa shape index (κ3) is 7.45. The molecule has 0 aliphatic heterocycles. The second-order valence-corrected chi connectivity index (χ2v) is 11.2. The average molecular weight is 488 g/mol. The van der Waals surface area contributed by atoms with Crippen LogP contribution in [0.1, 0.15) is 96.9 Å². The van der Waals surface area contributed by atoms with Crippen molar-refractivity contribution in [2.45, 2.75) is 118 Å². The predicted molar refractivity (Wildman–Crippen MR) is 139 cm³/mol. The van der Waals surface area contributed by atoms with Crippen LogP contribution in [0.3, 0.4) is 0 Å². The van der Waals surface area contributed by atoms with Crippen LogP contribution in [-0.4, -0.2) is 46.5 Å². The molecule has 7 nitrogen and oxygen atoms in total. The van der Waals surface area contributed by atoms with Crippen LogP contribution in [0.15, 0.2) is 18.2 Å². The lowest BCUT2D eigenvalue weighted by Gasteiger charge is -2.44. The average Bonchev–Trinajstić information content (AvgIpc) is 2.70. The molecule has 2 N–H and O–H groups in total. The van der Waals surface area contributed by atoms with Crippen molar-refractivity contribution in [3.8, 4) is 0 Å². The molecule has 0 saturated heterocycles. The van der Waals surface area contributed by atoms with Crippen molar-refractivity contribution in [1.82, 2.24) is 15.5 Å². The van der Waals surface area contributed by atoms with Crippen molar-refractivity contribution in [3.05, 3.63) is 34.9 Å². The van der Waals surface area contributed by atoms with Gasteiger partial charge in [0, 0.05) is 12.1 Å². The maximum Gasteiger partial charge on any atom is 0.408 e. The van der Waals surface area contributed by atoms with Crippen LogP contribution in [0.2, 0.25) is 0 Å². The molecule has 196 valence electrons. The summed E-state index contributed by atoms with van der Waals surface area (Å²) < 4.78 is 5.47. The van der Waals surface area contributed by atoms with E-state index in [1.54, 1.807) is 25.7 Å². The molecule has 3 atom stereocenters. The van der Waals surface area contributed by atoms with E-state index in [-0.39, 0.29) is 29.8 Å². The summed E-state index contributed by atoms with van der Waals surface area (Å²) >= 11 is 0. The summed E-state index contributed by atoms with van der Waals surface area (Å²) in [5, 5.41) is 5.87. The number of hydrogen-bond acceptors (Lipinski definition) is 4.